The molecule has 0 aromatic carbocycles. The molecular weight excluding hydrogens is 196 g/mol. The zero-order valence-corrected chi connectivity index (χ0v) is 8.63. The van der Waals surface area contributed by atoms with Gasteiger partial charge in [-0.2, -0.15) is 0 Å². The summed E-state index contributed by atoms with van der Waals surface area (Å²) >= 11 is 0. The predicted octanol–water partition coefficient (Wildman–Crippen LogP) is 1.15. The van der Waals surface area contributed by atoms with Crippen LogP contribution < -0.4 is 5.69 Å². The highest BCUT2D eigenvalue weighted by Crippen LogP contribution is 2.33. The summed E-state index contributed by atoms with van der Waals surface area (Å²) in [5.74, 6) is -0.187. The normalized spacial score (nSPS) is 16.9. The van der Waals surface area contributed by atoms with E-state index in [9.17, 15) is 9.59 Å². The fraction of sp³-hybridized carbons (Fsp3) is 0.600. The molecule has 5 heteroatoms. The van der Waals surface area contributed by atoms with Gasteiger partial charge in [0.25, 0.3) is 0 Å². The van der Waals surface area contributed by atoms with Crippen LogP contribution in [-0.4, -0.2) is 23.0 Å². The fourth-order valence-electron chi connectivity index (χ4n) is 2.18. The molecule has 15 heavy (non-hydrogen) atoms. The Morgan fingerprint density at radius 2 is 2.00 bits per heavy atom. The second kappa shape index (κ2) is 3.92. The van der Waals surface area contributed by atoms with Crippen LogP contribution in [0.3, 0.4) is 0 Å². The van der Waals surface area contributed by atoms with Crippen molar-refractivity contribution in [3.63, 3.8) is 0 Å². The predicted molar refractivity (Wildman–Crippen MR) is 54.0 cm³/mol. The number of H-pyrrole nitrogens is 2. The van der Waals surface area contributed by atoms with E-state index in [1.54, 1.807) is 0 Å². The first kappa shape index (κ1) is 10.0. The third kappa shape index (κ3) is 1.82. The first-order chi connectivity index (χ1) is 7.22. The minimum atomic E-state index is -0.477. The van der Waals surface area contributed by atoms with Gasteiger partial charge in [-0.25, -0.2) is 9.59 Å². The van der Waals surface area contributed by atoms with E-state index >= 15 is 0 Å². The number of esters is 1. The summed E-state index contributed by atoms with van der Waals surface area (Å²) in [4.78, 5) is 27.7. The monoisotopic (exact) mass is 210 g/mol. The Bertz CT molecular complexity index is 413. The van der Waals surface area contributed by atoms with Gasteiger partial charge in [0.05, 0.1) is 12.8 Å². The summed E-state index contributed by atoms with van der Waals surface area (Å²) in [6, 6.07) is 0. The number of methoxy groups -OCH3 is 1. The molecule has 0 amide bonds. The van der Waals surface area contributed by atoms with Crippen LogP contribution in [0.1, 0.15) is 47.8 Å². The lowest BCUT2D eigenvalue weighted by molar-refractivity contribution is 0.0592. The Kier molecular flexibility index (Phi) is 2.62. The summed E-state index contributed by atoms with van der Waals surface area (Å²) in [6.45, 7) is 0. The maximum absolute atomic E-state index is 11.4. The number of rotatable bonds is 2. The summed E-state index contributed by atoms with van der Waals surface area (Å²) in [5, 5.41) is 0. The molecule has 0 atom stereocenters. The molecule has 0 saturated heterocycles. The topological polar surface area (TPSA) is 75.0 Å². The lowest BCUT2D eigenvalue weighted by Crippen LogP contribution is -2.08. The molecule has 0 spiro atoms. The van der Waals surface area contributed by atoms with Gasteiger partial charge >= 0.3 is 11.7 Å². The molecule has 2 N–H and O–H groups in total. The summed E-state index contributed by atoms with van der Waals surface area (Å²) in [5.41, 5.74) is 0.663. The van der Waals surface area contributed by atoms with E-state index in [0.717, 1.165) is 25.7 Å². The summed E-state index contributed by atoms with van der Waals surface area (Å²) in [7, 11) is 1.31. The van der Waals surface area contributed by atoms with Gasteiger partial charge in [0, 0.05) is 5.92 Å². The molecule has 5 nitrogen and oxygen atoms in total. The van der Waals surface area contributed by atoms with Crippen LogP contribution in [0, 0.1) is 0 Å². The average molecular weight is 210 g/mol. The minimum absolute atomic E-state index is 0.286. The maximum atomic E-state index is 11.4. The molecule has 0 unspecified atom stereocenters. The molecule has 1 heterocycles. The molecule has 82 valence electrons. The molecule has 1 aliphatic carbocycles. The van der Waals surface area contributed by atoms with E-state index in [-0.39, 0.29) is 17.3 Å². The van der Waals surface area contributed by atoms with Crippen molar-refractivity contribution in [1.29, 1.82) is 0 Å². The van der Waals surface area contributed by atoms with Crippen molar-refractivity contribution in [2.45, 2.75) is 31.6 Å². The number of carbonyl (C=O) groups excluding carboxylic acids is 1. The number of ether oxygens (including phenoxy) is 1. The summed E-state index contributed by atoms with van der Waals surface area (Å²) in [6.07, 6.45) is 4.35. The molecule has 1 aliphatic rings. The Balaban J connectivity index is 2.36. The van der Waals surface area contributed by atoms with E-state index in [1.165, 1.54) is 7.11 Å². The van der Waals surface area contributed by atoms with Gasteiger partial charge in [-0.1, -0.05) is 12.8 Å². The lowest BCUT2D eigenvalue weighted by atomic mass is 10.0. The Morgan fingerprint density at radius 1 is 1.33 bits per heavy atom. The number of aromatic nitrogens is 2. The summed E-state index contributed by atoms with van der Waals surface area (Å²) < 4.78 is 4.62. The van der Waals surface area contributed by atoms with Crippen molar-refractivity contribution in [2.24, 2.45) is 0 Å². The molecule has 0 aliphatic heterocycles. The third-order valence-corrected chi connectivity index (χ3v) is 2.91. The minimum Gasteiger partial charge on any atom is -0.464 e. The van der Waals surface area contributed by atoms with E-state index in [2.05, 4.69) is 14.7 Å². The molecule has 1 saturated carbocycles. The zero-order valence-electron chi connectivity index (χ0n) is 8.63. The van der Waals surface area contributed by atoms with Gasteiger partial charge in [0.1, 0.15) is 5.69 Å². The van der Waals surface area contributed by atoms with Crippen LogP contribution in [0.25, 0.3) is 0 Å². The highest BCUT2D eigenvalue weighted by molar-refractivity contribution is 5.88. The zero-order chi connectivity index (χ0) is 10.8. The number of nitrogens with one attached hydrogen (secondary N) is 2. The van der Waals surface area contributed by atoms with Crippen LogP contribution in [0.15, 0.2) is 4.79 Å². The van der Waals surface area contributed by atoms with Gasteiger partial charge in [-0.3, -0.25) is 4.98 Å². The quantitative estimate of drug-likeness (QED) is 0.719. The number of hydrogen-bond donors (Lipinski definition) is 2. The van der Waals surface area contributed by atoms with Crippen LogP contribution in [0.4, 0.5) is 0 Å². The maximum Gasteiger partial charge on any atom is 0.356 e. The van der Waals surface area contributed by atoms with E-state index in [1.807, 2.05) is 0 Å². The van der Waals surface area contributed by atoms with Crippen LogP contribution in [-0.2, 0) is 4.74 Å². The Hall–Kier alpha value is -1.52. The second-order valence-corrected chi connectivity index (χ2v) is 3.84. The molecule has 2 rings (SSSR count). The van der Waals surface area contributed by atoms with Crippen LogP contribution in [0.2, 0.25) is 0 Å². The average Bonchev–Trinajstić information content (AvgIpc) is 2.84. The van der Waals surface area contributed by atoms with Crippen molar-refractivity contribution in [1.82, 2.24) is 9.97 Å². The van der Waals surface area contributed by atoms with Crippen LogP contribution >= 0.6 is 0 Å². The Labute approximate surface area is 86.8 Å². The standard InChI is InChI=1S/C10H14N2O3/c1-15-9(13)8-7(11-10(14)12-8)6-4-2-3-5-6/h6H,2-5H2,1H3,(H2,11,12,14). The number of aromatic amines is 2. The Morgan fingerprint density at radius 3 is 2.60 bits per heavy atom. The largest absolute Gasteiger partial charge is 0.464 e. The fourth-order valence-corrected chi connectivity index (χ4v) is 2.18. The van der Waals surface area contributed by atoms with Crippen molar-refractivity contribution < 1.29 is 9.53 Å². The molecular formula is C10H14N2O3. The number of imidazole rings is 1. The van der Waals surface area contributed by atoms with Gasteiger partial charge in [-0.15, -0.1) is 0 Å². The molecule has 0 radical (unpaired) electrons. The molecule has 0 bridgehead atoms. The van der Waals surface area contributed by atoms with Gasteiger partial charge < -0.3 is 9.72 Å². The van der Waals surface area contributed by atoms with E-state index in [4.69, 9.17) is 0 Å². The number of carbonyl (C=O) groups is 1. The van der Waals surface area contributed by atoms with Crippen molar-refractivity contribution in [3.8, 4) is 0 Å². The van der Waals surface area contributed by atoms with E-state index < -0.39 is 5.97 Å². The number of hydrogen-bond acceptors (Lipinski definition) is 3. The van der Waals surface area contributed by atoms with Gasteiger partial charge in [-0.05, 0) is 12.8 Å². The van der Waals surface area contributed by atoms with Gasteiger partial charge in [0.2, 0.25) is 0 Å². The second-order valence-electron chi connectivity index (χ2n) is 3.84. The highest BCUT2D eigenvalue weighted by atomic mass is 16.5. The lowest BCUT2D eigenvalue weighted by Gasteiger charge is -2.07. The van der Waals surface area contributed by atoms with E-state index in [0.29, 0.717) is 5.69 Å². The van der Waals surface area contributed by atoms with Crippen molar-refractivity contribution >= 4 is 5.97 Å². The van der Waals surface area contributed by atoms with Crippen molar-refractivity contribution in [2.75, 3.05) is 7.11 Å². The third-order valence-electron chi connectivity index (χ3n) is 2.91. The van der Waals surface area contributed by atoms with Gasteiger partial charge in [0.15, 0.2) is 0 Å². The SMILES string of the molecule is COC(=O)c1[nH]c(=O)[nH]c1C1CCCC1. The highest BCUT2D eigenvalue weighted by Gasteiger charge is 2.25. The molecule has 1 aromatic rings. The molecule has 1 aromatic heterocycles. The van der Waals surface area contributed by atoms with Crippen molar-refractivity contribution in [3.05, 3.63) is 21.9 Å². The first-order valence-electron chi connectivity index (χ1n) is 5.13. The molecule has 1 fully saturated rings. The van der Waals surface area contributed by atoms with Crippen LogP contribution in [0.5, 0.6) is 0 Å². The smallest absolute Gasteiger partial charge is 0.356 e. The first-order valence-corrected chi connectivity index (χ1v) is 5.13.